The van der Waals surface area contributed by atoms with Gasteiger partial charge < -0.3 is 15.4 Å². The molecule has 2 aromatic rings. The molecule has 3 rings (SSSR count). The first kappa shape index (κ1) is 14.8. The van der Waals surface area contributed by atoms with Crippen molar-refractivity contribution in [3.63, 3.8) is 0 Å². The normalized spacial score (nSPS) is 15.9. The zero-order chi connectivity index (χ0) is 15.5. The van der Waals surface area contributed by atoms with E-state index in [4.69, 9.17) is 10.5 Å². The Morgan fingerprint density at radius 3 is 2.45 bits per heavy atom. The van der Waals surface area contributed by atoms with Crippen LogP contribution in [0, 0.1) is 6.92 Å². The first-order valence-electron chi connectivity index (χ1n) is 7.66. The smallest absolute Gasteiger partial charge is 0.132 e. The Hall–Kier alpha value is -2.14. The van der Waals surface area contributed by atoms with Crippen molar-refractivity contribution < 1.29 is 4.74 Å². The Balaban J connectivity index is 1.88. The van der Waals surface area contributed by atoms with Gasteiger partial charge in [0, 0.05) is 30.8 Å². The number of aryl methyl sites for hydroxylation is 1. The van der Waals surface area contributed by atoms with Crippen molar-refractivity contribution in [1.29, 1.82) is 0 Å². The van der Waals surface area contributed by atoms with Gasteiger partial charge in [-0.15, -0.1) is 0 Å². The summed E-state index contributed by atoms with van der Waals surface area (Å²) in [7, 11) is 1.67. The fraction of sp³-hybridized carbons (Fsp3) is 0.412. The lowest BCUT2D eigenvalue weighted by Crippen LogP contribution is -2.40. The van der Waals surface area contributed by atoms with Crippen LogP contribution >= 0.6 is 0 Å². The Labute approximate surface area is 131 Å². The molecule has 0 saturated carbocycles. The zero-order valence-corrected chi connectivity index (χ0v) is 13.1. The number of nitrogens with two attached hydrogens (primary N) is 1. The summed E-state index contributed by atoms with van der Waals surface area (Å²) in [5.74, 6) is 2.63. The Kier molecular flexibility index (Phi) is 4.24. The third-order valence-corrected chi connectivity index (χ3v) is 4.07. The highest BCUT2D eigenvalue weighted by Gasteiger charge is 2.18. The summed E-state index contributed by atoms with van der Waals surface area (Å²) in [6.07, 6.45) is 2.03. The molecule has 0 unspecified atom stereocenters. The maximum Gasteiger partial charge on any atom is 0.132 e. The third-order valence-electron chi connectivity index (χ3n) is 4.07. The van der Waals surface area contributed by atoms with E-state index < -0.39 is 0 Å². The molecule has 0 amide bonds. The molecule has 1 fully saturated rings. The van der Waals surface area contributed by atoms with Crippen LogP contribution in [0.25, 0.3) is 11.3 Å². The van der Waals surface area contributed by atoms with Crippen LogP contribution in [0.15, 0.2) is 30.3 Å². The quantitative estimate of drug-likeness (QED) is 0.942. The molecule has 1 aromatic heterocycles. The van der Waals surface area contributed by atoms with E-state index in [1.807, 2.05) is 31.2 Å². The number of rotatable bonds is 3. The molecular weight excluding hydrogens is 276 g/mol. The van der Waals surface area contributed by atoms with Crippen LogP contribution in [0.2, 0.25) is 0 Å². The van der Waals surface area contributed by atoms with Gasteiger partial charge in [0.2, 0.25) is 0 Å². The molecule has 2 N–H and O–H groups in total. The van der Waals surface area contributed by atoms with E-state index >= 15 is 0 Å². The maximum atomic E-state index is 5.98. The summed E-state index contributed by atoms with van der Waals surface area (Å²) in [5.41, 5.74) is 8.00. The molecule has 116 valence electrons. The van der Waals surface area contributed by atoms with Gasteiger partial charge in [-0.3, -0.25) is 0 Å². The highest BCUT2D eigenvalue weighted by molar-refractivity contribution is 5.63. The fourth-order valence-corrected chi connectivity index (χ4v) is 2.75. The van der Waals surface area contributed by atoms with Crippen molar-refractivity contribution in [3.05, 3.63) is 36.2 Å². The minimum absolute atomic E-state index is 0.320. The summed E-state index contributed by atoms with van der Waals surface area (Å²) in [4.78, 5) is 11.5. The van der Waals surface area contributed by atoms with Gasteiger partial charge >= 0.3 is 0 Å². The molecule has 0 spiro atoms. The largest absolute Gasteiger partial charge is 0.497 e. The van der Waals surface area contributed by atoms with Gasteiger partial charge in [-0.1, -0.05) is 0 Å². The van der Waals surface area contributed by atoms with Crippen molar-refractivity contribution in [2.45, 2.75) is 25.8 Å². The predicted molar refractivity (Wildman–Crippen MR) is 88.2 cm³/mol. The number of ether oxygens (including phenoxy) is 1. The molecule has 1 aliphatic heterocycles. The minimum atomic E-state index is 0.320. The van der Waals surface area contributed by atoms with Crippen molar-refractivity contribution >= 4 is 5.82 Å². The summed E-state index contributed by atoms with van der Waals surface area (Å²) in [6, 6.07) is 10.3. The number of nitrogens with zero attached hydrogens (tertiary/aromatic N) is 3. The molecule has 1 aliphatic rings. The molecule has 2 heterocycles. The van der Waals surface area contributed by atoms with Crippen molar-refractivity contribution in [3.8, 4) is 17.0 Å². The lowest BCUT2D eigenvalue weighted by atomic mass is 10.1. The number of piperidine rings is 1. The Morgan fingerprint density at radius 1 is 1.14 bits per heavy atom. The van der Waals surface area contributed by atoms with E-state index in [0.29, 0.717) is 6.04 Å². The number of anilines is 1. The van der Waals surface area contributed by atoms with E-state index in [-0.39, 0.29) is 0 Å². The van der Waals surface area contributed by atoms with Crippen molar-refractivity contribution in [2.75, 3.05) is 25.1 Å². The van der Waals surface area contributed by atoms with E-state index in [1.54, 1.807) is 7.11 Å². The first-order chi connectivity index (χ1) is 10.7. The first-order valence-corrected chi connectivity index (χ1v) is 7.66. The van der Waals surface area contributed by atoms with Crippen molar-refractivity contribution in [1.82, 2.24) is 9.97 Å². The summed E-state index contributed by atoms with van der Waals surface area (Å²) in [6.45, 7) is 3.85. The van der Waals surface area contributed by atoms with Gasteiger partial charge in [-0.05, 0) is 44.0 Å². The summed E-state index contributed by atoms with van der Waals surface area (Å²) < 4.78 is 5.20. The predicted octanol–water partition coefficient (Wildman–Crippen LogP) is 2.39. The zero-order valence-electron chi connectivity index (χ0n) is 13.1. The van der Waals surface area contributed by atoms with Crippen LogP contribution < -0.4 is 15.4 Å². The van der Waals surface area contributed by atoms with Gasteiger partial charge in [0.15, 0.2) is 0 Å². The number of aromatic nitrogens is 2. The number of methoxy groups -OCH3 is 1. The van der Waals surface area contributed by atoms with Crippen LogP contribution in [0.5, 0.6) is 5.75 Å². The molecule has 0 aliphatic carbocycles. The standard InChI is InChI=1S/C17H22N4O/c1-12-19-16(13-3-5-15(22-2)6-4-13)11-17(20-12)21-9-7-14(18)8-10-21/h3-6,11,14H,7-10,18H2,1-2H3. The van der Waals surface area contributed by atoms with Crippen LogP contribution in [0.3, 0.4) is 0 Å². The van der Waals surface area contributed by atoms with Gasteiger partial charge in [0.1, 0.15) is 17.4 Å². The molecule has 5 heteroatoms. The molecule has 22 heavy (non-hydrogen) atoms. The van der Waals surface area contributed by atoms with E-state index in [0.717, 1.165) is 54.6 Å². The lowest BCUT2D eigenvalue weighted by molar-refractivity contribution is 0.415. The van der Waals surface area contributed by atoms with Gasteiger partial charge in [0.25, 0.3) is 0 Å². The van der Waals surface area contributed by atoms with Gasteiger partial charge in [-0.2, -0.15) is 0 Å². The Bertz CT molecular complexity index is 634. The SMILES string of the molecule is COc1ccc(-c2cc(N3CCC(N)CC3)nc(C)n2)cc1. The highest BCUT2D eigenvalue weighted by Crippen LogP contribution is 2.25. The maximum absolute atomic E-state index is 5.98. The van der Waals surface area contributed by atoms with Crippen LogP contribution in [0.1, 0.15) is 18.7 Å². The number of hydrogen-bond donors (Lipinski definition) is 1. The van der Waals surface area contributed by atoms with Crippen LogP contribution in [0.4, 0.5) is 5.82 Å². The molecule has 0 radical (unpaired) electrons. The Morgan fingerprint density at radius 2 is 1.82 bits per heavy atom. The lowest BCUT2D eigenvalue weighted by Gasteiger charge is -2.31. The van der Waals surface area contributed by atoms with E-state index in [9.17, 15) is 0 Å². The average molecular weight is 298 g/mol. The molecule has 5 nitrogen and oxygen atoms in total. The molecule has 0 bridgehead atoms. The average Bonchev–Trinajstić information content (AvgIpc) is 2.55. The van der Waals surface area contributed by atoms with E-state index in [1.165, 1.54) is 0 Å². The third kappa shape index (κ3) is 3.20. The van der Waals surface area contributed by atoms with Crippen molar-refractivity contribution in [2.24, 2.45) is 5.73 Å². The molecule has 1 saturated heterocycles. The molecule has 1 aromatic carbocycles. The molecule has 0 atom stereocenters. The van der Waals surface area contributed by atoms with Gasteiger partial charge in [-0.25, -0.2) is 9.97 Å². The second-order valence-electron chi connectivity index (χ2n) is 5.71. The monoisotopic (exact) mass is 298 g/mol. The minimum Gasteiger partial charge on any atom is -0.497 e. The summed E-state index contributed by atoms with van der Waals surface area (Å²) >= 11 is 0. The van der Waals surface area contributed by atoms with Crippen LogP contribution in [-0.4, -0.2) is 36.2 Å². The number of hydrogen-bond acceptors (Lipinski definition) is 5. The highest BCUT2D eigenvalue weighted by atomic mass is 16.5. The fourth-order valence-electron chi connectivity index (χ4n) is 2.75. The number of benzene rings is 1. The van der Waals surface area contributed by atoms with Crippen LogP contribution in [-0.2, 0) is 0 Å². The molecular formula is C17H22N4O. The summed E-state index contributed by atoms with van der Waals surface area (Å²) in [5, 5.41) is 0. The second-order valence-corrected chi connectivity index (χ2v) is 5.71. The topological polar surface area (TPSA) is 64.3 Å². The van der Waals surface area contributed by atoms with E-state index in [2.05, 4.69) is 20.9 Å². The second kappa shape index (κ2) is 6.32. The van der Waals surface area contributed by atoms with Gasteiger partial charge in [0.05, 0.1) is 12.8 Å².